The molecule has 4 nitrogen and oxygen atoms in total. The SMILES string of the molecule is COc1ncccc1-c1cc(C(F)(F)F)nc(SC)n1. The summed E-state index contributed by atoms with van der Waals surface area (Å²) in [6.07, 6.45) is -1.43. The summed E-state index contributed by atoms with van der Waals surface area (Å²) in [6.45, 7) is 0. The van der Waals surface area contributed by atoms with Gasteiger partial charge in [0, 0.05) is 6.20 Å². The number of pyridine rings is 1. The number of nitrogens with zero attached hydrogens (tertiary/aromatic N) is 3. The molecule has 0 aromatic carbocycles. The van der Waals surface area contributed by atoms with Crippen LogP contribution in [0.4, 0.5) is 13.2 Å². The van der Waals surface area contributed by atoms with Crippen molar-refractivity contribution >= 4 is 11.8 Å². The number of methoxy groups -OCH3 is 1. The van der Waals surface area contributed by atoms with E-state index in [-0.39, 0.29) is 16.7 Å². The number of hydrogen-bond donors (Lipinski definition) is 0. The van der Waals surface area contributed by atoms with Gasteiger partial charge in [0.1, 0.15) is 5.69 Å². The Morgan fingerprint density at radius 1 is 1.25 bits per heavy atom. The van der Waals surface area contributed by atoms with Crippen LogP contribution in [0, 0.1) is 0 Å². The van der Waals surface area contributed by atoms with E-state index in [2.05, 4.69) is 15.0 Å². The van der Waals surface area contributed by atoms with Crippen molar-refractivity contribution in [3.05, 3.63) is 30.1 Å². The zero-order valence-electron chi connectivity index (χ0n) is 10.6. The van der Waals surface area contributed by atoms with Crippen molar-refractivity contribution in [2.45, 2.75) is 11.3 Å². The number of aromatic nitrogens is 3. The lowest BCUT2D eigenvalue weighted by Crippen LogP contribution is -2.10. The maximum Gasteiger partial charge on any atom is 0.433 e. The van der Waals surface area contributed by atoms with Gasteiger partial charge in [-0.3, -0.25) is 0 Å². The normalized spacial score (nSPS) is 11.4. The molecule has 2 rings (SSSR count). The van der Waals surface area contributed by atoms with Gasteiger partial charge in [-0.15, -0.1) is 0 Å². The van der Waals surface area contributed by atoms with E-state index < -0.39 is 11.9 Å². The Bertz CT molecular complexity index is 619. The quantitative estimate of drug-likeness (QED) is 0.643. The van der Waals surface area contributed by atoms with Crippen molar-refractivity contribution in [2.75, 3.05) is 13.4 Å². The molecule has 8 heteroatoms. The summed E-state index contributed by atoms with van der Waals surface area (Å²) in [5, 5.41) is 0.0423. The third-order valence-corrected chi connectivity index (χ3v) is 2.97. The molecule has 2 heterocycles. The first-order valence-corrected chi connectivity index (χ1v) is 6.68. The fraction of sp³-hybridized carbons (Fsp3) is 0.250. The smallest absolute Gasteiger partial charge is 0.433 e. The molecular formula is C12H10F3N3OS. The molecule has 0 atom stereocenters. The maximum absolute atomic E-state index is 12.8. The van der Waals surface area contributed by atoms with Gasteiger partial charge in [0.25, 0.3) is 0 Å². The van der Waals surface area contributed by atoms with Crippen LogP contribution in [0.2, 0.25) is 0 Å². The minimum atomic E-state index is -4.53. The highest BCUT2D eigenvalue weighted by atomic mass is 32.2. The molecule has 0 aliphatic heterocycles. The van der Waals surface area contributed by atoms with E-state index in [1.807, 2.05) is 0 Å². The van der Waals surface area contributed by atoms with Crippen molar-refractivity contribution in [3.63, 3.8) is 0 Å². The van der Waals surface area contributed by atoms with Crippen LogP contribution in [-0.4, -0.2) is 28.3 Å². The number of thioether (sulfide) groups is 1. The van der Waals surface area contributed by atoms with Crippen molar-refractivity contribution in [1.29, 1.82) is 0 Å². The Hall–Kier alpha value is -1.83. The van der Waals surface area contributed by atoms with Crippen LogP contribution in [0.1, 0.15) is 5.69 Å². The van der Waals surface area contributed by atoms with Crippen molar-refractivity contribution < 1.29 is 17.9 Å². The molecule has 0 saturated carbocycles. The fourth-order valence-electron chi connectivity index (χ4n) is 1.55. The minimum absolute atomic E-state index is 0.0423. The van der Waals surface area contributed by atoms with Crippen LogP contribution in [-0.2, 0) is 6.18 Å². The van der Waals surface area contributed by atoms with Crippen LogP contribution in [0.3, 0.4) is 0 Å². The third-order valence-electron chi connectivity index (χ3n) is 2.42. The summed E-state index contributed by atoms with van der Waals surface area (Å²) in [7, 11) is 1.40. The van der Waals surface area contributed by atoms with E-state index in [0.29, 0.717) is 5.56 Å². The van der Waals surface area contributed by atoms with E-state index in [1.54, 1.807) is 18.4 Å². The molecular weight excluding hydrogens is 291 g/mol. The monoisotopic (exact) mass is 301 g/mol. The number of rotatable bonds is 3. The molecule has 0 radical (unpaired) electrons. The predicted molar refractivity (Wildman–Crippen MR) is 68.6 cm³/mol. The zero-order chi connectivity index (χ0) is 14.8. The standard InChI is InChI=1S/C12H10F3N3OS/c1-19-10-7(4-3-5-16-10)8-6-9(12(13,14)15)18-11(17-8)20-2/h3-6H,1-2H3. The number of alkyl halides is 3. The molecule has 0 aliphatic carbocycles. The average Bonchev–Trinajstić information content (AvgIpc) is 2.45. The first kappa shape index (κ1) is 14.6. The van der Waals surface area contributed by atoms with Crippen molar-refractivity contribution in [2.24, 2.45) is 0 Å². The van der Waals surface area contributed by atoms with Gasteiger partial charge in [-0.25, -0.2) is 15.0 Å². The van der Waals surface area contributed by atoms with Crippen LogP contribution < -0.4 is 4.74 Å². The highest BCUT2D eigenvalue weighted by Gasteiger charge is 2.34. The Morgan fingerprint density at radius 2 is 2.00 bits per heavy atom. The van der Waals surface area contributed by atoms with Gasteiger partial charge >= 0.3 is 6.18 Å². The van der Waals surface area contributed by atoms with Gasteiger partial charge in [-0.2, -0.15) is 13.2 Å². The molecule has 0 N–H and O–H groups in total. The van der Waals surface area contributed by atoms with Gasteiger partial charge in [0.05, 0.1) is 18.4 Å². The van der Waals surface area contributed by atoms with Gasteiger partial charge in [0.2, 0.25) is 5.88 Å². The van der Waals surface area contributed by atoms with Gasteiger partial charge in [-0.1, -0.05) is 11.8 Å². The summed E-state index contributed by atoms with van der Waals surface area (Å²) in [6, 6.07) is 4.09. The molecule has 0 fully saturated rings. The topological polar surface area (TPSA) is 47.9 Å². The maximum atomic E-state index is 12.8. The molecule has 0 unspecified atom stereocenters. The zero-order valence-corrected chi connectivity index (χ0v) is 11.4. The van der Waals surface area contributed by atoms with E-state index >= 15 is 0 Å². The molecule has 0 amide bonds. The van der Waals surface area contributed by atoms with Gasteiger partial charge in [0.15, 0.2) is 5.16 Å². The van der Waals surface area contributed by atoms with Gasteiger partial charge in [-0.05, 0) is 24.5 Å². The molecule has 0 aliphatic rings. The summed E-state index contributed by atoms with van der Waals surface area (Å²) in [5.41, 5.74) is -0.474. The van der Waals surface area contributed by atoms with E-state index in [0.717, 1.165) is 17.8 Å². The van der Waals surface area contributed by atoms with Crippen LogP contribution in [0.5, 0.6) is 5.88 Å². The second kappa shape index (κ2) is 5.66. The van der Waals surface area contributed by atoms with Crippen LogP contribution in [0.25, 0.3) is 11.3 Å². The first-order valence-electron chi connectivity index (χ1n) is 5.45. The minimum Gasteiger partial charge on any atom is -0.481 e. The molecule has 2 aromatic rings. The lowest BCUT2D eigenvalue weighted by Gasteiger charge is -2.11. The van der Waals surface area contributed by atoms with Crippen molar-refractivity contribution in [1.82, 2.24) is 15.0 Å². The fourth-order valence-corrected chi connectivity index (χ4v) is 1.93. The Kier molecular flexibility index (Phi) is 4.12. The van der Waals surface area contributed by atoms with E-state index in [4.69, 9.17) is 4.74 Å². The summed E-state index contributed by atoms with van der Waals surface area (Å²) >= 11 is 1.04. The number of ether oxygens (including phenoxy) is 1. The first-order chi connectivity index (χ1) is 9.45. The molecule has 0 spiro atoms. The summed E-state index contributed by atoms with van der Waals surface area (Å²) in [5.74, 6) is 0.214. The lowest BCUT2D eigenvalue weighted by molar-refractivity contribution is -0.141. The van der Waals surface area contributed by atoms with Crippen molar-refractivity contribution in [3.8, 4) is 17.1 Å². The van der Waals surface area contributed by atoms with E-state index in [9.17, 15) is 13.2 Å². The van der Waals surface area contributed by atoms with Crippen LogP contribution in [0.15, 0.2) is 29.6 Å². The highest BCUT2D eigenvalue weighted by Crippen LogP contribution is 2.33. The number of hydrogen-bond acceptors (Lipinski definition) is 5. The Morgan fingerprint density at radius 3 is 2.60 bits per heavy atom. The Labute approximate surface area is 117 Å². The predicted octanol–water partition coefficient (Wildman–Crippen LogP) is 3.29. The average molecular weight is 301 g/mol. The Balaban J connectivity index is 2.62. The highest BCUT2D eigenvalue weighted by molar-refractivity contribution is 7.98. The second-order valence-corrected chi connectivity index (χ2v) is 4.46. The largest absolute Gasteiger partial charge is 0.481 e. The molecule has 0 bridgehead atoms. The summed E-state index contributed by atoms with van der Waals surface area (Å²) < 4.78 is 43.5. The molecule has 20 heavy (non-hydrogen) atoms. The molecule has 2 aromatic heterocycles. The summed E-state index contributed by atoms with van der Waals surface area (Å²) in [4.78, 5) is 11.5. The second-order valence-electron chi connectivity index (χ2n) is 3.68. The molecule has 106 valence electrons. The third kappa shape index (κ3) is 3.01. The lowest BCUT2D eigenvalue weighted by atomic mass is 10.1. The van der Waals surface area contributed by atoms with E-state index in [1.165, 1.54) is 13.3 Å². The van der Waals surface area contributed by atoms with Gasteiger partial charge < -0.3 is 4.74 Å². The molecule has 0 saturated heterocycles. The van der Waals surface area contributed by atoms with Crippen LogP contribution >= 0.6 is 11.8 Å². The number of halogens is 3.